The molecule has 1 rings (SSSR count). The molecule has 1 aromatic heterocycles. The van der Waals surface area contributed by atoms with E-state index in [-0.39, 0.29) is 0 Å². The monoisotopic (exact) mass is 329 g/mol. The van der Waals surface area contributed by atoms with Crippen molar-refractivity contribution in [3.8, 4) is 0 Å². The van der Waals surface area contributed by atoms with Crippen molar-refractivity contribution in [3.63, 3.8) is 0 Å². The fourth-order valence-electron chi connectivity index (χ4n) is 2.68. The van der Waals surface area contributed by atoms with Gasteiger partial charge in [0.2, 0.25) is 0 Å². The second kappa shape index (κ2) is 12.5. The van der Waals surface area contributed by atoms with Gasteiger partial charge < -0.3 is 5.32 Å². The summed E-state index contributed by atoms with van der Waals surface area (Å²) in [5, 5.41) is 3.70. The molecule has 122 valence electrons. The van der Waals surface area contributed by atoms with E-state index in [1.807, 2.05) is 6.07 Å². The molecule has 0 radical (unpaired) electrons. The number of hydrogen-bond acceptors (Lipinski definition) is 2. The van der Waals surface area contributed by atoms with Gasteiger partial charge in [0.25, 0.3) is 0 Å². The molecule has 0 aromatic carbocycles. The van der Waals surface area contributed by atoms with Crippen molar-refractivity contribution in [1.29, 1.82) is 0 Å². The molecule has 0 saturated carbocycles. The molecule has 1 N–H and O–H groups in total. The van der Waals surface area contributed by atoms with E-state index in [9.17, 15) is 0 Å². The van der Waals surface area contributed by atoms with Gasteiger partial charge in [0, 0.05) is 10.9 Å². The van der Waals surface area contributed by atoms with Gasteiger partial charge in [-0.25, -0.2) is 0 Å². The Balaban J connectivity index is 2.20. The molecule has 1 aromatic rings. The highest BCUT2D eigenvalue weighted by molar-refractivity contribution is 7.16. The molecule has 0 amide bonds. The maximum atomic E-state index is 6.03. The second-order valence-electron chi connectivity index (χ2n) is 5.97. The van der Waals surface area contributed by atoms with Gasteiger partial charge in [0.05, 0.1) is 4.34 Å². The SMILES string of the molecule is CCCCCCCCCC(Cc1ccc(Cl)s1)NCCC. The lowest BCUT2D eigenvalue weighted by Gasteiger charge is -2.17. The summed E-state index contributed by atoms with van der Waals surface area (Å²) in [5.41, 5.74) is 0. The number of thiophene rings is 1. The molecule has 21 heavy (non-hydrogen) atoms. The minimum Gasteiger partial charge on any atom is -0.314 e. The van der Waals surface area contributed by atoms with Crippen LogP contribution in [0.3, 0.4) is 0 Å². The van der Waals surface area contributed by atoms with Gasteiger partial charge in [-0.1, -0.05) is 70.4 Å². The first-order chi connectivity index (χ1) is 10.3. The molecular formula is C18H32ClNS. The second-order valence-corrected chi connectivity index (χ2v) is 7.77. The minimum atomic E-state index is 0.621. The number of unbranched alkanes of at least 4 members (excludes halogenated alkanes) is 6. The van der Waals surface area contributed by atoms with E-state index in [1.165, 1.54) is 62.7 Å². The van der Waals surface area contributed by atoms with Gasteiger partial charge in [-0.15, -0.1) is 11.3 Å². The first-order valence-corrected chi connectivity index (χ1v) is 9.93. The highest BCUT2D eigenvalue weighted by atomic mass is 35.5. The van der Waals surface area contributed by atoms with Crippen molar-refractivity contribution in [2.24, 2.45) is 0 Å². The topological polar surface area (TPSA) is 12.0 Å². The zero-order valence-electron chi connectivity index (χ0n) is 13.8. The van der Waals surface area contributed by atoms with Crippen LogP contribution in [0, 0.1) is 0 Å². The lowest BCUT2D eigenvalue weighted by Crippen LogP contribution is -2.31. The Morgan fingerprint density at radius 2 is 1.71 bits per heavy atom. The first kappa shape index (κ1) is 19.0. The third kappa shape index (κ3) is 9.55. The summed E-state index contributed by atoms with van der Waals surface area (Å²) in [4.78, 5) is 1.41. The Morgan fingerprint density at radius 1 is 1.00 bits per heavy atom. The molecule has 1 heterocycles. The Hall–Kier alpha value is -0.0500. The van der Waals surface area contributed by atoms with E-state index in [0.29, 0.717) is 6.04 Å². The number of nitrogens with one attached hydrogen (secondary N) is 1. The van der Waals surface area contributed by atoms with E-state index >= 15 is 0 Å². The molecule has 0 spiro atoms. The van der Waals surface area contributed by atoms with Crippen LogP contribution in [-0.2, 0) is 6.42 Å². The van der Waals surface area contributed by atoms with Crippen LogP contribution in [0.4, 0.5) is 0 Å². The lowest BCUT2D eigenvalue weighted by molar-refractivity contribution is 0.451. The predicted octanol–water partition coefficient (Wildman–Crippen LogP) is 6.45. The van der Waals surface area contributed by atoms with Crippen molar-refractivity contribution in [2.75, 3.05) is 6.54 Å². The molecule has 0 aliphatic carbocycles. The zero-order valence-corrected chi connectivity index (χ0v) is 15.4. The number of rotatable bonds is 13. The van der Waals surface area contributed by atoms with Crippen LogP contribution < -0.4 is 5.32 Å². The molecule has 0 bridgehead atoms. The number of halogens is 1. The quantitative estimate of drug-likeness (QED) is 0.410. The summed E-state index contributed by atoms with van der Waals surface area (Å²) in [6.45, 7) is 5.64. The lowest BCUT2D eigenvalue weighted by atomic mass is 10.0. The first-order valence-electron chi connectivity index (χ1n) is 8.73. The van der Waals surface area contributed by atoms with E-state index in [1.54, 1.807) is 11.3 Å². The molecule has 3 heteroatoms. The molecular weight excluding hydrogens is 298 g/mol. The third-order valence-electron chi connectivity index (χ3n) is 3.92. The molecule has 0 saturated heterocycles. The van der Waals surface area contributed by atoms with E-state index < -0.39 is 0 Å². The summed E-state index contributed by atoms with van der Waals surface area (Å²) in [6.07, 6.45) is 13.4. The van der Waals surface area contributed by atoms with Crippen molar-refractivity contribution in [2.45, 2.75) is 84.1 Å². The maximum absolute atomic E-state index is 6.03. The normalized spacial score (nSPS) is 12.7. The van der Waals surface area contributed by atoms with Gasteiger partial charge >= 0.3 is 0 Å². The zero-order chi connectivity index (χ0) is 15.3. The van der Waals surface area contributed by atoms with Crippen LogP contribution in [0.25, 0.3) is 0 Å². The van der Waals surface area contributed by atoms with Gasteiger partial charge in [0.15, 0.2) is 0 Å². The molecule has 1 nitrogen and oxygen atoms in total. The summed E-state index contributed by atoms with van der Waals surface area (Å²) in [7, 11) is 0. The van der Waals surface area contributed by atoms with E-state index in [2.05, 4.69) is 25.2 Å². The molecule has 0 fully saturated rings. The van der Waals surface area contributed by atoms with Gasteiger partial charge in [-0.3, -0.25) is 0 Å². The maximum Gasteiger partial charge on any atom is 0.0931 e. The van der Waals surface area contributed by atoms with Gasteiger partial charge in [-0.05, 0) is 37.9 Å². The Labute approximate surface area is 140 Å². The Morgan fingerprint density at radius 3 is 2.33 bits per heavy atom. The Kier molecular flexibility index (Phi) is 11.3. The van der Waals surface area contributed by atoms with Gasteiger partial charge in [0.1, 0.15) is 0 Å². The van der Waals surface area contributed by atoms with Crippen molar-refractivity contribution in [3.05, 3.63) is 21.3 Å². The van der Waals surface area contributed by atoms with Crippen molar-refractivity contribution >= 4 is 22.9 Å². The predicted molar refractivity (Wildman–Crippen MR) is 97.7 cm³/mol. The average molecular weight is 330 g/mol. The fraction of sp³-hybridized carbons (Fsp3) is 0.778. The van der Waals surface area contributed by atoms with Crippen molar-refractivity contribution in [1.82, 2.24) is 5.32 Å². The van der Waals surface area contributed by atoms with E-state index in [0.717, 1.165) is 17.3 Å². The summed E-state index contributed by atoms with van der Waals surface area (Å²) in [5.74, 6) is 0. The minimum absolute atomic E-state index is 0.621. The van der Waals surface area contributed by atoms with Crippen LogP contribution in [0.2, 0.25) is 4.34 Å². The standard InChI is InChI=1S/C18H32ClNS/c1-3-5-6-7-8-9-10-11-16(20-14-4-2)15-17-12-13-18(19)21-17/h12-13,16,20H,3-11,14-15H2,1-2H3. The molecule has 0 aliphatic heterocycles. The highest BCUT2D eigenvalue weighted by Gasteiger charge is 2.10. The largest absolute Gasteiger partial charge is 0.314 e. The van der Waals surface area contributed by atoms with Gasteiger partial charge in [-0.2, -0.15) is 0 Å². The Bertz CT molecular complexity index is 351. The highest BCUT2D eigenvalue weighted by Crippen LogP contribution is 2.23. The molecule has 1 atom stereocenters. The summed E-state index contributed by atoms with van der Waals surface area (Å²) in [6, 6.07) is 4.82. The van der Waals surface area contributed by atoms with Crippen LogP contribution in [0.15, 0.2) is 12.1 Å². The molecule has 0 aliphatic rings. The van der Waals surface area contributed by atoms with Crippen LogP contribution in [0.1, 0.15) is 76.5 Å². The third-order valence-corrected chi connectivity index (χ3v) is 5.17. The van der Waals surface area contributed by atoms with Crippen LogP contribution in [-0.4, -0.2) is 12.6 Å². The molecule has 1 unspecified atom stereocenters. The smallest absolute Gasteiger partial charge is 0.0931 e. The fourth-order valence-corrected chi connectivity index (χ4v) is 3.84. The van der Waals surface area contributed by atoms with Crippen LogP contribution >= 0.6 is 22.9 Å². The van der Waals surface area contributed by atoms with E-state index in [4.69, 9.17) is 11.6 Å². The summed E-state index contributed by atoms with van der Waals surface area (Å²) < 4.78 is 0.912. The summed E-state index contributed by atoms with van der Waals surface area (Å²) >= 11 is 7.76. The van der Waals surface area contributed by atoms with Crippen molar-refractivity contribution < 1.29 is 0 Å². The number of hydrogen-bond donors (Lipinski definition) is 1. The average Bonchev–Trinajstić information content (AvgIpc) is 2.88. The van der Waals surface area contributed by atoms with Crippen LogP contribution in [0.5, 0.6) is 0 Å².